The van der Waals surface area contributed by atoms with Gasteiger partial charge in [-0.15, -0.1) is 0 Å². The van der Waals surface area contributed by atoms with Crippen molar-refractivity contribution in [1.82, 2.24) is 0 Å². The normalized spacial score (nSPS) is 12.6. The van der Waals surface area contributed by atoms with Gasteiger partial charge in [0.2, 0.25) is 0 Å². The van der Waals surface area contributed by atoms with Crippen LogP contribution in [0.3, 0.4) is 0 Å². The van der Waals surface area contributed by atoms with Crippen molar-refractivity contribution in [2.75, 3.05) is 13.2 Å². The largest absolute Gasteiger partial charge is 0.463 e. The number of rotatable bonds is 34. The van der Waals surface area contributed by atoms with Gasteiger partial charge in [-0.3, -0.25) is 14.4 Å². The number of ketones is 1. The number of esters is 2. The summed E-state index contributed by atoms with van der Waals surface area (Å²) in [4.78, 5) is 35.9. The molecule has 0 aliphatic rings. The zero-order valence-corrected chi connectivity index (χ0v) is 30.3. The number of ether oxygens (including phenoxy) is 2. The Kier molecular flexibility index (Phi) is 34.5. The van der Waals surface area contributed by atoms with Crippen molar-refractivity contribution < 1.29 is 29.0 Å². The van der Waals surface area contributed by atoms with Gasteiger partial charge in [-0.2, -0.15) is 0 Å². The third-order valence-corrected chi connectivity index (χ3v) is 8.04. The Morgan fingerprint density at radius 2 is 0.957 bits per heavy atom. The topological polar surface area (TPSA) is 89.9 Å². The minimum atomic E-state index is -1.05. The summed E-state index contributed by atoms with van der Waals surface area (Å²) >= 11 is 0. The number of hydrogen-bond donors (Lipinski definition) is 1. The Balaban J connectivity index is 3.64. The Morgan fingerprint density at radius 3 is 1.51 bits per heavy atom. The number of aliphatic hydroxyl groups excluding tert-OH is 1. The van der Waals surface area contributed by atoms with Gasteiger partial charge in [0, 0.05) is 19.3 Å². The molecule has 0 aliphatic heterocycles. The number of hydrogen-bond acceptors (Lipinski definition) is 6. The van der Waals surface area contributed by atoms with E-state index in [2.05, 4.69) is 38.2 Å². The van der Waals surface area contributed by atoms with E-state index in [1.165, 1.54) is 102 Å². The quantitative estimate of drug-likeness (QED) is 0.0243. The summed E-state index contributed by atoms with van der Waals surface area (Å²) in [7, 11) is 0. The molecule has 0 amide bonds. The Bertz CT molecular complexity index is 856. The van der Waals surface area contributed by atoms with E-state index in [1.807, 2.05) is 12.2 Å². The Morgan fingerprint density at radius 1 is 0.511 bits per heavy atom. The number of unbranched alkanes of at least 4 members (excludes halogenated alkanes) is 17. The van der Waals surface area contributed by atoms with Gasteiger partial charge in [-0.1, -0.05) is 159 Å². The van der Waals surface area contributed by atoms with E-state index in [0.717, 1.165) is 38.5 Å². The van der Waals surface area contributed by atoms with E-state index < -0.39 is 12.1 Å². The molecule has 1 N–H and O–H groups in total. The molecule has 0 fully saturated rings. The second-order valence-corrected chi connectivity index (χ2v) is 12.7. The smallest absolute Gasteiger partial charge is 0.305 e. The molecule has 0 aromatic rings. The number of carbonyl (C=O) groups is 3. The second kappa shape index (κ2) is 36.4. The molecule has 6 heteroatoms. The molecule has 0 spiro atoms. The summed E-state index contributed by atoms with van der Waals surface area (Å²) in [5.41, 5.74) is 0. The van der Waals surface area contributed by atoms with E-state index in [9.17, 15) is 19.5 Å². The highest BCUT2D eigenvalue weighted by atomic mass is 16.6. The molecule has 270 valence electrons. The lowest BCUT2D eigenvalue weighted by molar-refractivity contribution is -0.152. The van der Waals surface area contributed by atoms with Gasteiger partial charge in [0.25, 0.3) is 0 Å². The third-order valence-electron chi connectivity index (χ3n) is 8.04. The molecule has 0 rings (SSSR count). The Labute approximate surface area is 288 Å². The second-order valence-electron chi connectivity index (χ2n) is 12.7. The molecule has 0 bridgehead atoms. The van der Waals surface area contributed by atoms with Crippen LogP contribution in [-0.2, 0) is 23.9 Å². The van der Waals surface area contributed by atoms with Crippen LogP contribution in [0.25, 0.3) is 0 Å². The standard InChI is InChI=1S/C41H70O6/c1-3-5-7-9-11-13-15-17-18-20-22-24-26-28-30-34-40(44)46-36-39(43)37-47-41(45)35-31-33-38(42)32-29-27-25-23-21-19-16-14-12-10-8-6-4-2/h12,14,19,21,25,27,29,32,39,43H,3-11,13,15-18,20,22-24,26,28,30-31,33-37H2,1-2H3/b14-12-,21-19-,27-25-,32-29+/t39-/m0/s1. The molecule has 0 heterocycles. The first-order chi connectivity index (χ1) is 23.0. The SMILES string of the molecule is CCCCC/C=C\C/C=C\C/C=C\C=C\C(=O)CCCC(=O)OC[C@@H](O)COC(=O)CCCCCCCCCCCCCCCCC. The van der Waals surface area contributed by atoms with Gasteiger partial charge in [0.15, 0.2) is 5.78 Å². The molecule has 47 heavy (non-hydrogen) atoms. The van der Waals surface area contributed by atoms with Gasteiger partial charge >= 0.3 is 11.9 Å². The third kappa shape index (κ3) is 36.2. The molecule has 0 saturated heterocycles. The number of carbonyl (C=O) groups excluding carboxylic acids is 3. The Hall–Kier alpha value is -2.47. The van der Waals surface area contributed by atoms with Crippen molar-refractivity contribution >= 4 is 17.7 Å². The van der Waals surface area contributed by atoms with Gasteiger partial charge < -0.3 is 14.6 Å². The molecule has 0 aromatic carbocycles. The molecule has 0 radical (unpaired) electrons. The summed E-state index contributed by atoms with van der Waals surface area (Å²) in [6.45, 7) is 4.06. The first-order valence-corrected chi connectivity index (χ1v) is 19.1. The summed E-state index contributed by atoms with van der Waals surface area (Å²) < 4.78 is 10.2. The van der Waals surface area contributed by atoms with Crippen LogP contribution >= 0.6 is 0 Å². The van der Waals surface area contributed by atoms with E-state index >= 15 is 0 Å². The van der Waals surface area contributed by atoms with E-state index in [1.54, 1.807) is 6.08 Å². The van der Waals surface area contributed by atoms with Crippen LogP contribution in [0, 0.1) is 0 Å². The summed E-state index contributed by atoms with van der Waals surface area (Å²) in [5, 5.41) is 9.98. The average Bonchev–Trinajstić information content (AvgIpc) is 3.06. The van der Waals surface area contributed by atoms with Crippen molar-refractivity contribution in [3.8, 4) is 0 Å². The maximum atomic E-state index is 12.0. The van der Waals surface area contributed by atoms with Crippen molar-refractivity contribution in [2.45, 2.75) is 180 Å². The molecular weight excluding hydrogens is 588 g/mol. The van der Waals surface area contributed by atoms with Crippen LogP contribution in [0.4, 0.5) is 0 Å². The zero-order valence-electron chi connectivity index (χ0n) is 30.3. The maximum Gasteiger partial charge on any atom is 0.305 e. The fourth-order valence-corrected chi connectivity index (χ4v) is 5.10. The zero-order chi connectivity index (χ0) is 34.5. The minimum absolute atomic E-state index is 0.0489. The lowest BCUT2D eigenvalue weighted by atomic mass is 10.0. The van der Waals surface area contributed by atoms with Crippen LogP contribution in [0.5, 0.6) is 0 Å². The van der Waals surface area contributed by atoms with Gasteiger partial charge in [0.1, 0.15) is 19.3 Å². The summed E-state index contributed by atoms with van der Waals surface area (Å²) in [5.74, 6) is -0.858. The lowest BCUT2D eigenvalue weighted by Crippen LogP contribution is -2.25. The van der Waals surface area contributed by atoms with Crippen molar-refractivity contribution in [3.05, 3.63) is 48.6 Å². The van der Waals surface area contributed by atoms with E-state index in [4.69, 9.17) is 9.47 Å². The van der Waals surface area contributed by atoms with Crippen LogP contribution in [0.15, 0.2) is 48.6 Å². The van der Waals surface area contributed by atoms with E-state index in [0.29, 0.717) is 12.8 Å². The van der Waals surface area contributed by atoms with Crippen LogP contribution in [-0.4, -0.2) is 42.1 Å². The molecular formula is C41H70O6. The summed E-state index contributed by atoms with van der Waals surface area (Å²) in [6, 6.07) is 0. The molecule has 0 aromatic heterocycles. The lowest BCUT2D eigenvalue weighted by Gasteiger charge is -2.12. The number of allylic oxidation sites excluding steroid dienone is 8. The highest BCUT2D eigenvalue weighted by Gasteiger charge is 2.12. The van der Waals surface area contributed by atoms with Crippen LogP contribution < -0.4 is 0 Å². The fourth-order valence-electron chi connectivity index (χ4n) is 5.10. The van der Waals surface area contributed by atoms with Crippen molar-refractivity contribution in [1.29, 1.82) is 0 Å². The predicted octanol–water partition coefficient (Wildman–Crippen LogP) is 11.0. The van der Waals surface area contributed by atoms with Crippen molar-refractivity contribution in [3.63, 3.8) is 0 Å². The van der Waals surface area contributed by atoms with Crippen LogP contribution in [0.1, 0.15) is 174 Å². The monoisotopic (exact) mass is 659 g/mol. The molecule has 6 nitrogen and oxygen atoms in total. The van der Waals surface area contributed by atoms with Gasteiger partial charge in [0.05, 0.1) is 0 Å². The van der Waals surface area contributed by atoms with Gasteiger partial charge in [-0.25, -0.2) is 0 Å². The first-order valence-electron chi connectivity index (χ1n) is 19.1. The minimum Gasteiger partial charge on any atom is -0.463 e. The maximum absolute atomic E-state index is 12.0. The van der Waals surface area contributed by atoms with Crippen LogP contribution in [0.2, 0.25) is 0 Å². The van der Waals surface area contributed by atoms with Crippen molar-refractivity contribution in [2.24, 2.45) is 0 Å². The molecule has 1 atom stereocenters. The molecule has 0 unspecified atom stereocenters. The molecule has 0 saturated carbocycles. The first kappa shape index (κ1) is 44.5. The van der Waals surface area contributed by atoms with E-state index in [-0.39, 0.29) is 37.8 Å². The highest BCUT2D eigenvalue weighted by Crippen LogP contribution is 2.14. The number of aliphatic hydroxyl groups is 1. The summed E-state index contributed by atoms with van der Waals surface area (Å²) in [6.07, 6.45) is 41.6. The predicted molar refractivity (Wildman–Crippen MR) is 196 cm³/mol. The molecule has 0 aliphatic carbocycles. The van der Waals surface area contributed by atoms with Gasteiger partial charge in [-0.05, 0) is 44.6 Å². The highest BCUT2D eigenvalue weighted by molar-refractivity contribution is 5.90. The fraction of sp³-hybridized carbons (Fsp3) is 0.732. The average molecular weight is 659 g/mol.